The molecule has 1 aromatic carbocycles. The first-order valence-electron chi connectivity index (χ1n) is 8.52. The highest BCUT2D eigenvalue weighted by Gasteiger charge is 2.05. The third-order valence-corrected chi connectivity index (χ3v) is 4.82. The number of hydrogen-bond acceptors (Lipinski definition) is 4. The van der Waals surface area contributed by atoms with Gasteiger partial charge in [0, 0.05) is 29.4 Å². The van der Waals surface area contributed by atoms with Crippen molar-refractivity contribution in [1.82, 2.24) is 15.3 Å². The Morgan fingerprint density at radius 2 is 1.88 bits per heavy atom. The van der Waals surface area contributed by atoms with Crippen LogP contribution >= 0.6 is 11.3 Å². The molecule has 4 nitrogen and oxygen atoms in total. The van der Waals surface area contributed by atoms with Gasteiger partial charge in [0.2, 0.25) is 5.91 Å². The molecule has 0 fully saturated rings. The molecule has 3 rings (SSSR count). The number of carbonyl (C=O) groups excluding carboxylic acids is 1. The van der Waals surface area contributed by atoms with Gasteiger partial charge >= 0.3 is 0 Å². The Morgan fingerprint density at radius 1 is 1.15 bits per heavy atom. The minimum atomic E-state index is -0.126. The highest BCUT2D eigenvalue weighted by Crippen LogP contribution is 2.21. The monoisotopic (exact) mass is 363 g/mol. The average molecular weight is 363 g/mol. The van der Waals surface area contributed by atoms with Gasteiger partial charge in [0.05, 0.1) is 12.2 Å². The number of aromatic nitrogens is 2. The van der Waals surface area contributed by atoms with Crippen molar-refractivity contribution >= 4 is 23.3 Å². The van der Waals surface area contributed by atoms with Gasteiger partial charge in [0.1, 0.15) is 5.01 Å². The first-order chi connectivity index (χ1) is 12.6. The van der Waals surface area contributed by atoms with Gasteiger partial charge in [-0.05, 0) is 35.3 Å². The fraction of sp³-hybridized carbons (Fsp3) is 0.190. The van der Waals surface area contributed by atoms with Crippen molar-refractivity contribution in [1.29, 1.82) is 0 Å². The zero-order chi connectivity index (χ0) is 18.4. The average Bonchev–Trinajstić information content (AvgIpc) is 3.15. The highest BCUT2D eigenvalue weighted by molar-refractivity contribution is 7.09. The fourth-order valence-corrected chi connectivity index (χ4v) is 3.18. The van der Waals surface area contributed by atoms with Gasteiger partial charge in [-0.25, -0.2) is 4.98 Å². The summed E-state index contributed by atoms with van der Waals surface area (Å²) in [5.74, 6) is 0.380. The molecule has 0 aliphatic carbocycles. The molecular weight excluding hydrogens is 342 g/mol. The second-order valence-electron chi connectivity index (χ2n) is 6.23. The van der Waals surface area contributed by atoms with Gasteiger partial charge in [-0.1, -0.05) is 38.1 Å². The van der Waals surface area contributed by atoms with Crippen LogP contribution in [-0.4, -0.2) is 15.9 Å². The third-order valence-electron chi connectivity index (χ3n) is 3.97. The Balaban J connectivity index is 1.53. The number of rotatable bonds is 6. The molecule has 1 N–H and O–H groups in total. The van der Waals surface area contributed by atoms with Crippen molar-refractivity contribution in [3.05, 3.63) is 76.4 Å². The Hall–Kier alpha value is -2.79. The van der Waals surface area contributed by atoms with Crippen LogP contribution in [0.4, 0.5) is 0 Å². The van der Waals surface area contributed by atoms with Crippen LogP contribution < -0.4 is 5.32 Å². The molecule has 0 atom stereocenters. The standard InChI is InChI=1S/C21H21N3OS/c1-15(2)17-6-3-16(4-7-17)5-8-20(25)23-13-21-24-19(14-26-21)18-9-11-22-12-10-18/h3-12,14-15H,13H2,1-2H3,(H,23,25)/b8-5+. The van der Waals surface area contributed by atoms with Crippen LogP contribution in [0.25, 0.3) is 17.3 Å². The molecule has 5 heteroatoms. The molecule has 0 spiro atoms. The van der Waals surface area contributed by atoms with E-state index < -0.39 is 0 Å². The first kappa shape index (κ1) is 18.0. The molecule has 1 amide bonds. The zero-order valence-corrected chi connectivity index (χ0v) is 15.7. The summed E-state index contributed by atoms with van der Waals surface area (Å²) in [5.41, 5.74) is 4.24. The lowest BCUT2D eigenvalue weighted by atomic mass is 10.0. The van der Waals surface area contributed by atoms with Gasteiger partial charge in [-0.3, -0.25) is 9.78 Å². The van der Waals surface area contributed by atoms with Crippen molar-refractivity contribution < 1.29 is 4.79 Å². The van der Waals surface area contributed by atoms with E-state index in [4.69, 9.17) is 0 Å². The summed E-state index contributed by atoms with van der Waals surface area (Å²) in [5, 5.41) is 5.74. The lowest BCUT2D eigenvalue weighted by Gasteiger charge is -2.04. The minimum absolute atomic E-state index is 0.126. The first-order valence-corrected chi connectivity index (χ1v) is 9.40. The summed E-state index contributed by atoms with van der Waals surface area (Å²) in [7, 11) is 0. The number of nitrogens with one attached hydrogen (secondary N) is 1. The summed E-state index contributed by atoms with van der Waals surface area (Å²) in [6, 6.07) is 12.1. The van der Waals surface area contributed by atoms with E-state index in [2.05, 4.69) is 41.3 Å². The summed E-state index contributed by atoms with van der Waals surface area (Å²) in [6.45, 7) is 4.75. The Morgan fingerprint density at radius 3 is 2.58 bits per heavy atom. The lowest BCUT2D eigenvalue weighted by Crippen LogP contribution is -2.20. The van der Waals surface area contributed by atoms with E-state index in [1.807, 2.05) is 35.7 Å². The molecule has 0 aliphatic rings. The van der Waals surface area contributed by atoms with Crippen molar-refractivity contribution in [2.24, 2.45) is 0 Å². The number of amides is 1. The maximum atomic E-state index is 12.0. The van der Waals surface area contributed by atoms with Crippen LogP contribution in [0.5, 0.6) is 0 Å². The third kappa shape index (κ3) is 4.86. The second-order valence-corrected chi connectivity index (χ2v) is 7.18. The van der Waals surface area contributed by atoms with Crippen LogP contribution in [0.2, 0.25) is 0 Å². The highest BCUT2D eigenvalue weighted by atomic mass is 32.1. The molecule has 0 saturated heterocycles. The number of carbonyl (C=O) groups is 1. The largest absolute Gasteiger partial charge is 0.346 e. The molecule has 0 aliphatic heterocycles. The van der Waals surface area contributed by atoms with E-state index in [-0.39, 0.29) is 5.91 Å². The Kier molecular flexibility index (Phi) is 5.92. The van der Waals surface area contributed by atoms with Crippen LogP contribution in [0.3, 0.4) is 0 Å². The summed E-state index contributed by atoms with van der Waals surface area (Å²) < 4.78 is 0. The molecule has 0 saturated carbocycles. The molecule has 3 aromatic rings. The molecule has 2 heterocycles. The Labute approximate surface area is 157 Å². The summed E-state index contributed by atoms with van der Waals surface area (Å²) in [6.07, 6.45) is 6.87. The predicted octanol–water partition coefficient (Wildman–Crippen LogP) is 4.66. The summed E-state index contributed by atoms with van der Waals surface area (Å²) in [4.78, 5) is 20.6. The maximum Gasteiger partial charge on any atom is 0.244 e. The molecule has 0 radical (unpaired) electrons. The molecular formula is C21H21N3OS. The van der Waals surface area contributed by atoms with E-state index in [1.54, 1.807) is 18.5 Å². The number of nitrogens with zero attached hydrogens (tertiary/aromatic N) is 2. The van der Waals surface area contributed by atoms with E-state index in [0.717, 1.165) is 21.8 Å². The van der Waals surface area contributed by atoms with E-state index in [9.17, 15) is 4.79 Å². The number of thiazole rings is 1. The smallest absolute Gasteiger partial charge is 0.244 e. The number of hydrogen-bond donors (Lipinski definition) is 1. The van der Waals surface area contributed by atoms with Gasteiger partial charge in [-0.15, -0.1) is 11.3 Å². The normalized spacial score (nSPS) is 11.2. The molecule has 0 unspecified atom stereocenters. The van der Waals surface area contributed by atoms with Gasteiger partial charge in [0.15, 0.2) is 0 Å². The molecule has 26 heavy (non-hydrogen) atoms. The number of benzene rings is 1. The molecule has 2 aromatic heterocycles. The maximum absolute atomic E-state index is 12.0. The quantitative estimate of drug-likeness (QED) is 0.648. The summed E-state index contributed by atoms with van der Waals surface area (Å²) >= 11 is 1.53. The van der Waals surface area contributed by atoms with Crippen LogP contribution in [0.15, 0.2) is 60.2 Å². The van der Waals surface area contributed by atoms with Gasteiger partial charge in [0.25, 0.3) is 0 Å². The zero-order valence-electron chi connectivity index (χ0n) is 14.8. The van der Waals surface area contributed by atoms with Crippen molar-refractivity contribution in [3.63, 3.8) is 0 Å². The lowest BCUT2D eigenvalue weighted by molar-refractivity contribution is -0.116. The van der Waals surface area contributed by atoms with E-state index >= 15 is 0 Å². The van der Waals surface area contributed by atoms with Crippen molar-refractivity contribution in [2.75, 3.05) is 0 Å². The Bertz CT molecular complexity index is 883. The van der Waals surface area contributed by atoms with Gasteiger partial charge in [-0.2, -0.15) is 0 Å². The van der Waals surface area contributed by atoms with E-state index in [1.165, 1.54) is 16.9 Å². The van der Waals surface area contributed by atoms with E-state index in [0.29, 0.717) is 12.5 Å². The SMILES string of the molecule is CC(C)c1ccc(/C=C/C(=O)NCc2nc(-c3ccncc3)cs2)cc1. The van der Waals surface area contributed by atoms with Crippen LogP contribution in [0.1, 0.15) is 35.9 Å². The molecule has 132 valence electrons. The fourth-order valence-electron chi connectivity index (χ4n) is 2.43. The van der Waals surface area contributed by atoms with Gasteiger partial charge < -0.3 is 5.32 Å². The minimum Gasteiger partial charge on any atom is -0.346 e. The second kappa shape index (κ2) is 8.54. The predicted molar refractivity (Wildman–Crippen MR) is 107 cm³/mol. The van der Waals surface area contributed by atoms with Crippen molar-refractivity contribution in [3.8, 4) is 11.3 Å². The number of pyridine rings is 1. The topological polar surface area (TPSA) is 54.9 Å². The van der Waals surface area contributed by atoms with Crippen LogP contribution in [-0.2, 0) is 11.3 Å². The molecule has 0 bridgehead atoms. The van der Waals surface area contributed by atoms with Crippen molar-refractivity contribution in [2.45, 2.75) is 26.3 Å². The van der Waals surface area contributed by atoms with Crippen LogP contribution in [0, 0.1) is 0 Å².